The Bertz CT molecular complexity index is 1530. The van der Waals surface area contributed by atoms with Gasteiger partial charge in [0.25, 0.3) is 5.91 Å². The molecule has 4 atom stereocenters. The molecule has 0 aromatic heterocycles. The second-order valence-corrected chi connectivity index (χ2v) is 12.3. The van der Waals surface area contributed by atoms with E-state index in [1.807, 2.05) is 22.6 Å². The molecule has 2 unspecified atom stereocenters. The largest absolute Gasteiger partial charge is 0.510 e. The Morgan fingerprint density at radius 2 is 1.78 bits per heavy atom. The van der Waals surface area contributed by atoms with Gasteiger partial charge in [-0.2, -0.15) is 8.42 Å². The molecule has 4 rings (SSSR count). The maximum absolute atomic E-state index is 13.7. The highest BCUT2D eigenvalue weighted by Crippen LogP contribution is 2.53. The third-order valence-corrected chi connectivity index (χ3v) is 8.54. The summed E-state index contributed by atoms with van der Waals surface area (Å²) in [6.07, 6.45) is 0.178. The molecule has 1 aromatic rings. The molecule has 3 aliphatic rings. The van der Waals surface area contributed by atoms with Crippen LogP contribution in [0.4, 0.5) is 5.69 Å². The van der Waals surface area contributed by atoms with Crippen molar-refractivity contribution in [2.45, 2.75) is 24.5 Å². The van der Waals surface area contributed by atoms with Gasteiger partial charge in [-0.05, 0) is 67.1 Å². The smallest absolute Gasteiger partial charge is 0.394 e. The third-order valence-electron chi connectivity index (χ3n) is 7.06. The highest BCUT2D eigenvalue weighted by atomic mass is 127. The molecule has 2 amide bonds. The van der Waals surface area contributed by atoms with Crippen LogP contribution in [0.2, 0.25) is 0 Å². The lowest BCUT2D eigenvalue weighted by atomic mass is 9.58. The number of nitrogens with zero attached hydrogens (tertiary/aromatic N) is 1. The van der Waals surface area contributed by atoms with Crippen LogP contribution in [0, 0.1) is 15.4 Å². The first-order chi connectivity index (χ1) is 18.8. The fourth-order valence-corrected chi connectivity index (χ4v) is 6.49. The number of aliphatic hydroxyl groups is 3. The summed E-state index contributed by atoms with van der Waals surface area (Å²) in [4.78, 5) is 52.3. The SMILES string of the molecule is CN(C)[C@@H]1C(O)=C(C(N)=O)C(=O)[C@@]2(O)C(O)=C3C(=O)c4c(O)c(NC(=O)CBr)cc(I)c4CC3CC12.O=S(=O)(O)O. The maximum Gasteiger partial charge on any atom is 0.394 e. The summed E-state index contributed by atoms with van der Waals surface area (Å²) in [5.74, 6) is -7.67. The number of halogens is 2. The van der Waals surface area contributed by atoms with Gasteiger partial charge in [-0.25, -0.2) is 0 Å². The number of phenolic OH excluding ortho intramolecular Hbond substituents is 1. The molecule has 9 N–H and O–H groups in total. The van der Waals surface area contributed by atoms with E-state index in [1.54, 1.807) is 14.1 Å². The minimum atomic E-state index is -4.67. The Balaban J connectivity index is 0.000000850. The monoisotopic (exact) mass is 773 g/mol. The zero-order valence-corrected chi connectivity index (χ0v) is 25.8. The van der Waals surface area contributed by atoms with E-state index in [9.17, 15) is 39.6 Å². The van der Waals surface area contributed by atoms with Crippen molar-refractivity contribution in [3.05, 3.63) is 43.4 Å². The molecule has 3 aliphatic carbocycles. The molecule has 224 valence electrons. The molecular weight excluding hydrogens is 749 g/mol. The van der Waals surface area contributed by atoms with Gasteiger partial charge in [-0.1, -0.05) is 15.9 Å². The van der Waals surface area contributed by atoms with Gasteiger partial charge in [-0.15, -0.1) is 0 Å². The van der Waals surface area contributed by atoms with Gasteiger partial charge in [0.2, 0.25) is 11.7 Å². The summed E-state index contributed by atoms with van der Waals surface area (Å²) in [5.41, 5.74) is 1.82. The molecular formula is C23H25BrIN3O12S. The first kappa shape index (κ1) is 32.9. The van der Waals surface area contributed by atoms with Crippen LogP contribution < -0.4 is 11.1 Å². The van der Waals surface area contributed by atoms with Crippen LogP contribution in [0.5, 0.6) is 5.75 Å². The van der Waals surface area contributed by atoms with Crippen LogP contribution in [0.15, 0.2) is 28.7 Å². The number of alkyl halides is 1. The molecule has 41 heavy (non-hydrogen) atoms. The van der Waals surface area contributed by atoms with E-state index < -0.39 is 80.1 Å². The predicted molar refractivity (Wildman–Crippen MR) is 153 cm³/mol. The van der Waals surface area contributed by atoms with E-state index in [0.717, 1.165) is 0 Å². The Hall–Kier alpha value is -2.62. The molecule has 0 heterocycles. The fourth-order valence-electron chi connectivity index (χ4n) is 5.55. The Kier molecular flexibility index (Phi) is 9.28. The van der Waals surface area contributed by atoms with Gasteiger partial charge in [0.15, 0.2) is 17.1 Å². The van der Waals surface area contributed by atoms with Crippen LogP contribution in [0.1, 0.15) is 22.3 Å². The number of ketones is 2. The van der Waals surface area contributed by atoms with E-state index in [1.165, 1.54) is 11.0 Å². The molecule has 15 nitrogen and oxygen atoms in total. The van der Waals surface area contributed by atoms with Crippen molar-refractivity contribution < 1.29 is 57.1 Å². The number of hydrogen-bond donors (Lipinski definition) is 8. The average Bonchev–Trinajstić information content (AvgIpc) is 2.83. The van der Waals surface area contributed by atoms with Gasteiger partial charge in [-0.3, -0.25) is 33.2 Å². The lowest BCUT2D eigenvalue weighted by molar-refractivity contribution is -0.148. The number of benzene rings is 1. The van der Waals surface area contributed by atoms with Gasteiger partial charge < -0.3 is 31.5 Å². The number of rotatable bonds is 4. The lowest BCUT2D eigenvalue weighted by Gasteiger charge is -2.50. The zero-order valence-electron chi connectivity index (χ0n) is 21.3. The van der Waals surface area contributed by atoms with Gasteiger partial charge >= 0.3 is 10.4 Å². The highest BCUT2D eigenvalue weighted by molar-refractivity contribution is 14.1. The number of primary amides is 1. The number of hydrogen-bond acceptors (Lipinski definition) is 11. The first-order valence-electron chi connectivity index (χ1n) is 11.5. The van der Waals surface area contributed by atoms with Crippen molar-refractivity contribution >= 4 is 78.0 Å². The summed E-state index contributed by atoms with van der Waals surface area (Å²) in [6.45, 7) is 0. The summed E-state index contributed by atoms with van der Waals surface area (Å²) < 4.78 is 32.2. The fraction of sp³-hybridized carbons (Fsp3) is 0.391. The summed E-state index contributed by atoms with van der Waals surface area (Å²) in [5, 5.41) is 46.9. The van der Waals surface area contributed by atoms with Gasteiger partial charge in [0, 0.05) is 15.1 Å². The van der Waals surface area contributed by atoms with E-state index in [2.05, 4.69) is 21.2 Å². The van der Waals surface area contributed by atoms with Crippen LogP contribution in [-0.2, 0) is 31.2 Å². The number of fused-ring (bicyclic) bond motifs is 3. The van der Waals surface area contributed by atoms with Crippen LogP contribution >= 0.6 is 38.5 Å². The second kappa shape index (κ2) is 11.6. The molecule has 1 aromatic carbocycles. The Morgan fingerprint density at radius 3 is 2.27 bits per heavy atom. The minimum absolute atomic E-state index is 0.00464. The number of amides is 2. The minimum Gasteiger partial charge on any atom is -0.510 e. The Labute approximate surface area is 254 Å². The van der Waals surface area contributed by atoms with Crippen molar-refractivity contribution in [3.63, 3.8) is 0 Å². The molecule has 0 spiro atoms. The zero-order chi connectivity index (χ0) is 31.4. The number of anilines is 1. The molecule has 0 aliphatic heterocycles. The number of nitrogens with two attached hydrogens (primary N) is 1. The topological polar surface area (TPSA) is 265 Å². The molecule has 0 saturated carbocycles. The number of aliphatic hydroxyl groups excluding tert-OH is 2. The molecule has 0 bridgehead atoms. The normalized spacial score (nSPS) is 25.6. The van der Waals surface area contributed by atoms with Gasteiger partial charge in [0.05, 0.1) is 22.6 Å². The average molecular weight is 774 g/mol. The standard InChI is InChI=1S/C23H23BrIN3O8.H2O4S/c1-28(2)16-9-4-7-3-8-10(25)5-11(27-12(29)6-24)17(30)14(8)18(31)13(7)20(33)23(9,36)21(34)15(19(16)32)22(26)35;1-5(2,3)4/h5,7,9,16,30,32-33,36H,3-4,6H2,1-2H3,(H2,26,35)(H,27,29);(H2,1,2,3,4)/t7?,9?,16-,23-;/m0./s1. The van der Waals surface area contributed by atoms with Crippen LogP contribution in [0.25, 0.3) is 0 Å². The van der Waals surface area contributed by atoms with Crippen molar-refractivity contribution in [2.75, 3.05) is 24.7 Å². The number of nitrogens with one attached hydrogen (secondary N) is 1. The molecule has 0 saturated heterocycles. The quantitative estimate of drug-likeness (QED) is 0.0679. The predicted octanol–water partition coefficient (Wildman–Crippen LogP) is 0.406. The lowest BCUT2D eigenvalue weighted by Crippen LogP contribution is -2.63. The van der Waals surface area contributed by atoms with E-state index in [-0.39, 0.29) is 35.0 Å². The van der Waals surface area contributed by atoms with Gasteiger partial charge in [0.1, 0.15) is 17.1 Å². The van der Waals surface area contributed by atoms with Crippen LogP contribution in [-0.4, -0.2) is 97.3 Å². The third kappa shape index (κ3) is 5.86. The Morgan fingerprint density at radius 1 is 1.22 bits per heavy atom. The number of aromatic hydroxyl groups is 1. The number of allylic oxidation sites excluding steroid dienone is 1. The number of carbonyl (C=O) groups excluding carboxylic acids is 4. The maximum atomic E-state index is 13.7. The van der Waals surface area contributed by atoms with E-state index >= 15 is 0 Å². The summed E-state index contributed by atoms with van der Waals surface area (Å²) in [6, 6.07) is 0.473. The van der Waals surface area contributed by atoms with E-state index in [4.69, 9.17) is 23.3 Å². The number of likely N-dealkylation sites (N-methyl/N-ethyl adjacent to an activating group) is 1. The van der Waals surface area contributed by atoms with E-state index in [0.29, 0.717) is 9.13 Å². The first-order valence-corrected chi connectivity index (χ1v) is 15.1. The van der Waals surface area contributed by atoms with Crippen LogP contribution in [0.3, 0.4) is 0 Å². The molecule has 0 fully saturated rings. The molecule has 18 heteroatoms. The van der Waals surface area contributed by atoms with Crippen molar-refractivity contribution in [1.82, 2.24) is 4.90 Å². The second-order valence-electron chi connectivity index (χ2n) is 9.70. The van der Waals surface area contributed by atoms with Crippen molar-refractivity contribution in [2.24, 2.45) is 17.6 Å². The number of carbonyl (C=O) groups is 4. The summed E-state index contributed by atoms with van der Waals surface area (Å²) >= 11 is 4.99. The molecule has 0 radical (unpaired) electrons. The summed E-state index contributed by atoms with van der Waals surface area (Å²) in [7, 11) is -1.53. The van der Waals surface area contributed by atoms with Crippen molar-refractivity contribution in [3.8, 4) is 5.75 Å². The highest BCUT2D eigenvalue weighted by Gasteiger charge is 2.63. The van der Waals surface area contributed by atoms with Crippen molar-refractivity contribution in [1.29, 1.82) is 0 Å². The number of Topliss-reactive ketones (excluding diaryl/α,β-unsaturated/α-hetero) is 2. The number of phenols is 1.